The second-order valence-electron chi connectivity index (χ2n) is 7.33. The van der Waals surface area contributed by atoms with Crippen molar-refractivity contribution in [1.29, 1.82) is 0 Å². The molecule has 0 spiro atoms. The van der Waals surface area contributed by atoms with Gasteiger partial charge in [0.05, 0.1) is 11.4 Å². The summed E-state index contributed by atoms with van der Waals surface area (Å²) in [6.07, 6.45) is 5.71. The fourth-order valence-electron chi connectivity index (χ4n) is 3.70. The van der Waals surface area contributed by atoms with E-state index in [0.29, 0.717) is 23.6 Å². The SMILES string of the molecule is CC1CCCN(c2ccc(C(N)=O)cc2NC(=O)CC2=CCNCC2)C1. The summed E-state index contributed by atoms with van der Waals surface area (Å²) in [6, 6.07) is 5.34. The van der Waals surface area contributed by atoms with Gasteiger partial charge in [0.25, 0.3) is 0 Å². The molecule has 3 rings (SSSR count). The molecular formula is C20H28N4O2. The van der Waals surface area contributed by atoms with Gasteiger partial charge in [-0.25, -0.2) is 0 Å². The molecule has 140 valence electrons. The van der Waals surface area contributed by atoms with Gasteiger partial charge in [-0.2, -0.15) is 0 Å². The molecule has 0 aliphatic carbocycles. The Morgan fingerprint density at radius 2 is 2.23 bits per heavy atom. The molecule has 2 heterocycles. The number of hydrogen-bond acceptors (Lipinski definition) is 4. The molecule has 1 unspecified atom stereocenters. The van der Waals surface area contributed by atoms with Gasteiger partial charge in [-0.3, -0.25) is 9.59 Å². The molecule has 6 heteroatoms. The number of carbonyl (C=O) groups excluding carboxylic acids is 2. The maximum Gasteiger partial charge on any atom is 0.248 e. The van der Waals surface area contributed by atoms with Crippen molar-refractivity contribution in [1.82, 2.24) is 5.32 Å². The third-order valence-electron chi connectivity index (χ3n) is 5.10. The van der Waals surface area contributed by atoms with E-state index in [4.69, 9.17) is 5.73 Å². The summed E-state index contributed by atoms with van der Waals surface area (Å²) in [5, 5.41) is 6.26. The predicted octanol–water partition coefficient (Wildman–Crippen LogP) is 2.27. The van der Waals surface area contributed by atoms with E-state index in [0.717, 1.165) is 50.3 Å². The number of carbonyl (C=O) groups is 2. The Labute approximate surface area is 154 Å². The van der Waals surface area contributed by atoms with Gasteiger partial charge in [0.1, 0.15) is 0 Å². The lowest BCUT2D eigenvalue weighted by Gasteiger charge is -2.34. The number of primary amides is 1. The first-order chi connectivity index (χ1) is 12.5. The highest BCUT2D eigenvalue weighted by Gasteiger charge is 2.21. The van der Waals surface area contributed by atoms with Crippen molar-refractivity contribution in [2.24, 2.45) is 11.7 Å². The minimum Gasteiger partial charge on any atom is -0.370 e. The molecule has 4 N–H and O–H groups in total. The van der Waals surface area contributed by atoms with E-state index in [-0.39, 0.29) is 5.91 Å². The van der Waals surface area contributed by atoms with Crippen molar-refractivity contribution in [3.8, 4) is 0 Å². The number of amides is 2. The van der Waals surface area contributed by atoms with Gasteiger partial charge in [0.2, 0.25) is 11.8 Å². The molecule has 0 saturated carbocycles. The Morgan fingerprint density at radius 3 is 2.92 bits per heavy atom. The first kappa shape index (κ1) is 18.5. The number of piperidine rings is 1. The normalized spacial score (nSPS) is 20.4. The molecule has 1 atom stereocenters. The Balaban J connectivity index is 1.80. The standard InChI is InChI=1S/C20H28N4O2/c1-14-3-2-10-24(13-14)18-5-4-16(20(21)26)12-17(18)23-19(25)11-15-6-8-22-9-7-15/h4-6,12,14,22H,2-3,7-11,13H2,1H3,(H2,21,26)(H,23,25). The minimum atomic E-state index is -0.486. The van der Waals surface area contributed by atoms with Crippen molar-refractivity contribution in [3.63, 3.8) is 0 Å². The smallest absolute Gasteiger partial charge is 0.248 e. The van der Waals surface area contributed by atoms with Crippen molar-refractivity contribution in [3.05, 3.63) is 35.4 Å². The second-order valence-corrected chi connectivity index (χ2v) is 7.33. The molecule has 2 amide bonds. The zero-order chi connectivity index (χ0) is 18.5. The van der Waals surface area contributed by atoms with E-state index in [1.54, 1.807) is 12.1 Å². The van der Waals surface area contributed by atoms with Gasteiger partial charge in [-0.1, -0.05) is 18.6 Å². The van der Waals surface area contributed by atoms with E-state index < -0.39 is 5.91 Å². The van der Waals surface area contributed by atoms with E-state index in [1.165, 1.54) is 6.42 Å². The third kappa shape index (κ3) is 4.64. The van der Waals surface area contributed by atoms with Gasteiger partial charge in [-0.05, 0) is 49.9 Å². The number of anilines is 2. The summed E-state index contributed by atoms with van der Waals surface area (Å²) in [7, 11) is 0. The van der Waals surface area contributed by atoms with Gasteiger partial charge in [-0.15, -0.1) is 0 Å². The van der Waals surface area contributed by atoms with Crippen LogP contribution in [-0.4, -0.2) is 38.0 Å². The van der Waals surface area contributed by atoms with Gasteiger partial charge >= 0.3 is 0 Å². The zero-order valence-corrected chi connectivity index (χ0v) is 15.4. The van der Waals surface area contributed by atoms with Crippen molar-refractivity contribution >= 4 is 23.2 Å². The fourth-order valence-corrected chi connectivity index (χ4v) is 3.70. The molecule has 0 bridgehead atoms. The molecule has 0 radical (unpaired) electrons. The van der Waals surface area contributed by atoms with E-state index >= 15 is 0 Å². The maximum absolute atomic E-state index is 12.6. The largest absolute Gasteiger partial charge is 0.370 e. The van der Waals surface area contributed by atoms with Crippen LogP contribution in [0, 0.1) is 5.92 Å². The number of hydrogen-bond donors (Lipinski definition) is 3. The molecule has 2 aliphatic rings. The van der Waals surface area contributed by atoms with E-state index in [2.05, 4.69) is 28.5 Å². The van der Waals surface area contributed by atoms with Crippen LogP contribution in [0.1, 0.15) is 43.0 Å². The summed E-state index contributed by atoms with van der Waals surface area (Å²) in [6.45, 7) is 5.88. The van der Waals surface area contributed by atoms with Crippen LogP contribution in [0.3, 0.4) is 0 Å². The molecule has 1 aromatic rings. The molecule has 1 aromatic carbocycles. The second kappa shape index (κ2) is 8.36. The fraction of sp³-hybridized carbons (Fsp3) is 0.500. The average molecular weight is 356 g/mol. The van der Waals surface area contributed by atoms with Gasteiger partial charge in [0.15, 0.2) is 0 Å². The Kier molecular flexibility index (Phi) is 5.93. The Bertz CT molecular complexity index is 714. The van der Waals surface area contributed by atoms with Crippen LogP contribution in [0.5, 0.6) is 0 Å². The molecular weight excluding hydrogens is 328 g/mol. The lowest BCUT2D eigenvalue weighted by Crippen LogP contribution is -2.35. The monoisotopic (exact) mass is 356 g/mol. The summed E-state index contributed by atoms with van der Waals surface area (Å²) >= 11 is 0. The molecule has 2 aliphatic heterocycles. The van der Waals surface area contributed by atoms with Crippen molar-refractivity contribution in [2.45, 2.75) is 32.6 Å². The highest BCUT2D eigenvalue weighted by molar-refractivity contribution is 5.99. The number of nitrogens with two attached hydrogens (primary N) is 1. The summed E-state index contributed by atoms with van der Waals surface area (Å²) < 4.78 is 0. The average Bonchev–Trinajstić information content (AvgIpc) is 2.62. The zero-order valence-electron chi connectivity index (χ0n) is 15.4. The van der Waals surface area contributed by atoms with E-state index in [1.807, 2.05) is 6.07 Å². The number of rotatable bonds is 5. The molecule has 1 saturated heterocycles. The van der Waals surface area contributed by atoms with Crippen LogP contribution in [-0.2, 0) is 4.79 Å². The highest BCUT2D eigenvalue weighted by Crippen LogP contribution is 2.31. The summed E-state index contributed by atoms with van der Waals surface area (Å²) in [5.74, 6) is 0.0780. The molecule has 0 aromatic heterocycles. The third-order valence-corrected chi connectivity index (χ3v) is 5.10. The lowest BCUT2D eigenvalue weighted by molar-refractivity contribution is -0.115. The van der Waals surface area contributed by atoms with Crippen molar-refractivity contribution < 1.29 is 9.59 Å². The Hall–Kier alpha value is -2.34. The summed E-state index contributed by atoms with van der Waals surface area (Å²) in [4.78, 5) is 26.4. The van der Waals surface area contributed by atoms with Crippen LogP contribution in [0.4, 0.5) is 11.4 Å². The quantitative estimate of drug-likeness (QED) is 0.706. The van der Waals surface area contributed by atoms with Gasteiger partial charge in [0, 0.05) is 31.6 Å². The number of nitrogens with zero attached hydrogens (tertiary/aromatic N) is 1. The molecule has 1 fully saturated rings. The highest BCUT2D eigenvalue weighted by atomic mass is 16.2. The molecule has 26 heavy (non-hydrogen) atoms. The van der Waals surface area contributed by atoms with Crippen LogP contribution < -0.4 is 21.3 Å². The van der Waals surface area contributed by atoms with Crippen LogP contribution in [0.15, 0.2) is 29.8 Å². The minimum absolute atomic E-state index is 0.0499. The predicted molar refractivity (Wildman–Crippen MR) is 104 cm³/mol. The maximum atomic E-state index is 12.6. The first-order valence-corrected chi connectivity index (χ1v) is 9.40. The number of benzene rings is 1. The van der Waals surface area contributed by atoms with Crippen molar-refractivity contribution in [2.75, 3.05) is 36.4 Å². The first-order valence-electron chi connectivity index (χ1n) is 9.40. The molecule has 6 nitrogen and oxygen atoms in total. The van der Waals surface area contributed by atoms with Gasteiger partial charge < -0.3 is 21.3 Å². The van der Waals surface area contributed by atoms with Crippen LogP contribution >= 0.6 is 0 Å². The van der Waals surface area contributed by atoms with Crippen LogP contribution in [0.25, 0.3) is 0 Å². The van der Waals surface area contributed by atoms with Crippen LogP contribution in [0.2, 0.25) is 0 Å². The Morgan fingerprint density at radius 1 is 1.38 bits per heavy atom. The summed E-state index contributed by atoms with van der Waals surface area (Å²) in [5.41, 5.74) is 8.64. The van der Waals surface area contributed by atoms with E-state index in [9.17, 15) is 9.59 Å². The lowest BCUT2D eigenvalue weighted by atomic mass is 9.99. The number of nitrogens with one attached hydrogen (secondary N) is 2. The topological polar surface area (TPSA) is 87.5 Å².